The van der Waals surface area contributed by atoms with Crippen LogP contribution < -0.4 is 5.32 Å². The smallest absolute Gasteiger partial charge is 0.130 e. The molecule has 1 aromatic carbocycles. The predicted molar refractivity (Wildman–Crippen MR) is 78.6 cm³/mol. The molecule has 1 atom stereocenters. The Bertz CT molecular complexity index is 506. The van der Waals surface area contributed by atoms with Crippen LogP contribution in [0.25, 0.3) is 0 Å². The standard InChI is InChI=1S/C17H25F2N/c1-7-20-14(15-16(3,4)17(15,5)6)11-8-10(2)12(18)9-13(11)19/h8-9,14-15,20H,7H2,1-6H3. The van der Waals surface area contributed by atoms with Crippen LogP contribution in [-0.2, 0) is 0 Å². The zero-order valence-corrected chi connectivity index (χ0v) is 13.3. The van der Waals surface area contributed by atoms with Crippen LogP contribution in [0.4, 0.5) is 8.78 Å². The van der Waals surface area contributed by atoms with E-state index in [0.29, 0.717) is 17.0 Å². The molecular formula is C17H25F2N. The van der Waals surface area contributed by atoms with Crippen molar-refractivity contribution in [2.75, 3.05) is 6.54 Å². The molecule has 0 radical (unpaired) electrons. The van der Waals surface area contributed by atoms with Crippen LogP contribution in [0.5, 0.6) is 0 Å². The Morgan fingerprint density at radius 1 is 1.10 bits per heavy atom. The van der Waals surface area contributed by atoms with Gasteiger partial charge in [0.15, 0.2) is 0 Å². The summed E-state index contributed by atoms with van der Waals surface area (Å²) < 4.78 is 27.7. The first-order valence-electron chi connectivity index (χ1n) is 7.33. The summed E-state index contributed by atoms with van der Waals surface area (Å²) >= 11 is 0. The van der Waals surface area contributed by atoms with Crippen LogP contribution in [0.15, 0.2) is 12.1 Å². The lowest BCUT2D eigenvalue weighted by atomic mass is 9.94. The van der Waals surface area contributed by atoms with Gasteiger partial charge in [-0.25, -0.2) is 8.78 Å². The van der Waals surface area contributed by atoms with Gasteiger partial charge in [0, 0.05) is 17.7 Å². The lowest BCUT2D eigenvalue weighted by Gasteiger charge is -2.22. The summed E-state index contributed by atoms with van der Waals surface area (Å²) in [4.78, 5) is 0. The van der Waals surface area contributed by atoms with Gasteiger partial charge in [-0.15, -0.1) is 0 Å². The molecule has 0 bridgehead atoms. The maximum atomic E-state index is 14.2. The number of nitrogens with one attached hydrogen (secondary N) is 1. The van der Waals surface area contributed by atoms with E-state index in [-0.39, 0.29) is 16.9 Å². The molecule has 2 rings (SSSR count). The van der Waals surface area contributed by atoms with Gasteiger partial charge < -0.3 is 5.32 Å². The Balaban J connectivity index is 2.44. The number of rotatable bonds is 4. The highest BCUT2D eigenvalue weighted by Gasteiger charge is 2.67. The van der Waals surface area contributed by atoms with Crippen molar-refractivity contribution >= 4 is 0 Å². The van der Waals surface area contributed by atoms with Crippen LogP contribution in [0, 0.1) is 35.3 Å². The zero-order valence-electron chi connectivity index (χ0n) is 13.3. The number of halogens is 2. The Labute approximate surface area is 120 Å². The Kier molecular flexibility index (Phi) is 3.70. The molecule has 1 saturated carbocycles. The van der Waals surface area contributed by atoms with Gasteiger partial charge in [-0.2, -0.15) is 0 Å². The molecule has 1 nitrogen and oxygen atoms in total. The Hall–Kier alpha value is -0.960. The minimum Gasteiger partial charge on any atom is -0.310 e. The maximum absolute atomic E-state index is 14.2. The number of hydrogen-bond donors (Lipinski definition) is 1. The van der Waals surface area contributed by atoms with Gasteiger partial charge in [-0.3, -0.25) is 0 Å². The molecule has 0 saturated heterocycles. The maximum Gasteiger partial charge on any atom is 0.130 e. The summed E-state index contributed by atoms with van der Waals surface area (Å²) in [7, 11) is 0. The lowest BCUT2D eigenvalue weighted by molar-refractivity contribution is 0.401. The first-order chi connectivity index (χ1) is 9.14. The topological polar surface area (TPSA) is 12.0 Å². The molecule has 0 aromatic heterocycles. The molecule has 1 aliphatic rings. The van der Waals surface area contributed by atoms with Crippen molar-refractivity contribution in [3.63, 3.8) is 0 Å². The van der Waals surface area contributed by atoms with Gasteiger partial charge >= 0.3 is 0 Å². The number of benzene rings is 1. The van der Waals surface area contributed by atoms with Gasteiger partial charge in [0.2, 0.25) is 0 Å². The van der Waals surface area contributed by atoms with E-state index in [0.717, 1.165) is 12.6 Å². The summed E-state index contributed by atoms with van der Waals surface area (Å²) in [6.45, 7) is 13.3. The molecule has 0 amide bonds. The van der Waals surface area contributed by atoms with Gasteiger partial charge in [-0.05, 0) is 41.8 Å². The molecule has 1 unspecified atom stereocenters. The summed E-state index contributed by atoms with van der Waals surface area (Å²) in [5.74, 6) is -0.581. The van der Waals surface area contributed by atoms with E-state index in [9.17, 15) is 8.78 Å². The van der Waals surface area contributed by atoms with Crippen molar-refractivity contribution < 1.29 is 8.78 Å². The zero-order chi connectivity index (χ0) is 15.3. The van der Waals surface area contributed by atoms with Crippen LogP contribution in [0.1, 0.15) is 51.8 Å². The molecule has 1 aliphatic carbocycles. The van der Waals surface area contributed by atoms with Crippen molar-refractivity contribution in [1.29, 1.82) is 0 Å². The van der Waals surface area contributed by atoms with Gasteiger partial charge in [0.25, 0.3) is 0 Å². The SMILES string of the molecule is CCNC(c1cc(C)c(F)cc1F)C1C(C)(C)C1(C)C. The Morgan fingerprint density at radius 2 is 1.65 bits per heavy atom. The molecule has 1 N–H and O–H groups in total. The van der Waals surface area contributed by atoms with E-state index in [1.165, 1.54) is 0 Å². The molecule has 3 heteroatoms. The van der Waals surface area contributed by atoms with Crippen LogP contribution in [0.3, 0.4) is 0 Å². The summed E-state index contributed by atoms with van der Waals surface area (Å²) in [6.07, 6.45) is 0. The summed E-state index contributed by atoms with van der Waals surface area (Å²) in [6, 6.07) is 2.60. The van der Waals surface area contributed by atoms with Crippen LogP contribution in [0.2, 0.25) is 0 Å². The van der Waals surface area contributed by atoms with Crippen molar-refractivity contribution in [1.82, 2.24) is 5.32 Å². The van der Waals surface area contributed by atoms with E-state index >= 15 is 0 Å². The predicted octanol–water partition coefficient (Wildman–Crippen LogP) is 4.61. The fourth-order valence-corrected chi connectivity index (χ4v) is 3.63. The van der Waals surface area contributed by atoms with E-state index in [1.807, 2.05) is 6.92 Å². The normalized spacial score (nSPS) is 21.8. The average Bonchev–Trinajstić information content (AvgIpc) is 2.72. The number of hydrogen-bond acceptors (Lipinski definition) is 1. The highest BCUT2D eigenvalue weighted by molar-refractivity contribution is 5.32. The minimum atomic E-state index is -0.476. The highest BCUT2D eigenvalue weighted by atomic mass is 19.1. The second-order valence-corrected chi connectivity index (χ2v) is 7.08. The second kappa shape index (κ2) is 4.80. The summed E-state index contributed by atoms with van der Waals surface area (Å²) in [5, 5.41) is 3.40. The van der Waals surface area contributed by atoms with Gasteiger partial charge in [0.05, 0.1) is 0 Å². The molecule has 112 valence electrons. The average molecular weight is 281 g/mol. The van der Waals surface area contributed by atoms with Crippen molar-refractivity contribution in [3.8, 4) is 0 Å². The first kappa shape index (κ1) is 15.4. The minimum absolute atomic E-state index is 0.0655. The van der Waals surface area contributed by atoms with Crippen molar-refractivity contribution in [3.05, 3.63) is 34.9 Å². The molecule has 1 fully saturated rings. The number of aryl methyl sites for hydroxylation is 1. The lowest BCUT2D eigenvalue weighted by Crippen LogP contribution is -2.26. The van der Waals surface area contributed by atoms with Gasteiger partial charge in [0.1, 0.15) is 11.6 Å². The van der Waals surface area contributed by atoms with E-state index < -0.39 is 11.6 Å². The molecule has 0 spiro atoms. The third-order valence-electron chi connectivity index (χ3n) is 5.50. The van der Waals surface area contributed by atoms with E-state index in [2.05, 4.69) is 33.0 Å². The molecule has 0 heterocycles. The third-order valence-corrected chi connectivity index (χ3v) is 5.50. The fourth-order valence-electron chi connectivity index (χ4n) is 3.63. The second-order valence-electron chi connectivity index (χ2n) is 7.08. The molecular weight excluding hydrogens is 256 g/mol. The van der Waals surface area contributed by atoms with Crippen molar-refractivity contribution in [2.24, 2.45) is 16.7 Å². The van der Waals surface area contributed by atoms with Crippen molar-refractivity contribution in [2.45, 2.75) is 47.6 Å². The third kappa shape index (κ3) is 2.16. The monoisotopic (exact) mass is 281 g/mol. The Morgan fingerprint density at radius 3 is 2.10 bits per heavy atom. The van der Waals surface area contributed by atoms with E-state index in [4.69, 9.17) is 0 Å². The molecule has 0 aliphatic heterocycles. The summed E-state index contributed by atoms with van der Waals surface area (Å²) in [5.41, 5.74) is 1.39. The van der Waals surface area contributed by atoms with Crippen LogP contribution in [-0.4, -0.2) is 6.54 Å². The first-order valence-corrected chi connectivity index (χ1v) is 7.33. The highest BCUT2D eigenvalue weighted by Crippen LogP contribution is 2.72. The largest absolute Gasteiger partial charge is 0.310 e. The van der Waals surface area contributed by atoms with E-state index in [1.54, 1.807) is 13.0 Å². The van der Waals surface area contributed by atoms with Gasteiger partial charge in [-0.1, -0.05) is 34.6 Å². The van der Waals surface area contributed by atoms with Crippen LogP contribution >= 0.6 is 0 Å². The fraction of sp³-hybridized carbons (Fsp3) is 0.647. The quantitative estimate of drug-likeness (QED) is 0.850. The molecule has 20 heavy (non-hydrogen) atoms. The molecule has 1 aromatic rings.